The average molecular weight is 647 g/mol. The molecule has 0 saturated heterocycles. The number of thiol groups is 1. The number of nitrogens with one attached hydrogen (secondary N) is 1. The fourth-order valence-electron chi connectivity index (χ4n) is 3.86. The zero-order valence-electron chi connectivity index (χ0n) is 20.5. The average Bonchev–Trinajstić information content (AvgIpc) is 3.19. The van der Waals surface area contributed by atoms with Gasteiger partial charge in [-0.15, -0.1) is 0 Å². The number of furan rings is 1. The third-order valence-electron chi connectivity index (χ3n) is 5.84. The number of hydrogen-bond donors (Lipinski definition) is 3. The lowest BCUT2D eigenvalue weighted by Crippen LogP contribution is -2.24. The second-order valence-electron chi connectivity index (χ2n) is 8.67. The van der Waals surface area contributed by atoms with Gasteiger partial charge in [0.25, 0.3) is 5.91 Å². The van der Waals surface area contributed by atoms with Gasteiger partial charge in [-0.05, 0) is 53.5 Å². The van der Waals surface area contributed by atoms with Crippen molar-refractivity contribution in [3.8, 4) is 11.3 Å². The van der Waals surface area contributed by atoms with Crippen LogP contribution in [0.15, 0.2) is 34.7 Å². The molecule has 9 nitrogen and oxygen atoms in total. The van der Waals surface area contributed by atoms with Gasteiger partial charge in [0.1, 0.15) is 5.76 Å². The van der Waals surface area contributed by atoms with Crippen molar-refractivity contribution in [2.75, 3.05) is 26.4 Å². The highest BCUT2D eigenvalue weighted by molar-refractivity contribution is 14.1. The SMILES string of the molecule is CCc1ccc(-c2oc3nc(CN(CCCCCP(C)(=O)O)[SH](=O)=O)c(I)cc3c2C(=O)NC)cc1. The number of carbonyl (C=O) groups is 1. The highest BCUT2D eigenvalue weighted by Crippen LogP contribution is 2.36. The normalized spacial score (nSPS) is 13.4. The van der Waals surface area contributed by atoms with E-state index in [9.17, 15) is 22.7 Å². The number of nitrogens with zero attached hydrogens (tertiary/aromatic N) is 2. The van der Waals surface area contributed by atoms with Gasteiger partial charge in [0.2, 0.25) is 16.6 Å². The molecule has 0 saturated carbocycles. The molecule has 1 atom stereocenters. The van der Waals surface area contributed by atoms with Crippen LogP contribution >= 0.6 is 30.0 Å². The Bertz CT molecular complexity index is 1340. The van der Waals surface area contributed by atoms with E-state index in [-0.39, 0.29) is 30.9 Å². The van der Waals surface area contributed by atoms with E-state index in [0.717, 1.165) is 17.5 Å². The lowest BCUT2D eigenvalue weighted by molar-refractivity contribution is 0.0964. The van der Waals surface area contributed by atoms with Crippen LogP contribution in [-0.2, 0) is 28.4 Å². The number of benzene rings is 1. The van der Waals surface area contributed by atoms with E-state index in [1.807, 2.05) is 24.3 Å². The molecule has 2 heterocycles. The van der Waals surface area contributed by atoms with E-state index in [2.05, 4.69) is 39.8 Å². The van der Waals surface area contributed by atoms with Crippen LogP contribution in [0.25, 0.3) is 22.4 Å². The van der Waals surface area contributed by atoms with E-state index >= 15 is 0 Å². The minimum absolute atomic E-state index is 0.0652. The molecule has 0 aliphatic heterocycles. The highest BCUT2D eigenvalue weighted by Gasteiger charge is 2.24. The molecule has 0 aliphatic rings. The number of carbonyl (C=O) groups excluding carboxylic acids is 1. The van der Waals surface area contributed by atoms with Crippen LogP contribution in [0.4, 0.5) is 0 Å². The molecular formula is C24H31IN3O6PS. The van der Waals surface area contributed by atoms with Crippen LogP contribution in [-0.4, -0.2) is 54.9 Å². The Morgan fingerprint density at radius 1 is 1.22 bits per heavy atom. The van der Waals surface area contributed by atoms with Crippen molar-refractivity contribution >= 4 is 57.9 Å². The summed E-state index contributed by atoms with van der Waals surface area (Å²) in [6.07, 6.45) is 2.90. The maximum atomic E-state index is 12.8. The van der Waals surface area contributed by atoms with Gasteiger partial charge in [-0.25, -0.2) is 13.4 Å². The van der Waals surface area contributed by atoms with E-state index in [0.29, 0.717) is 45.2 Å². The molecule has 0 aliphatic carbocycles. The predicted molar refractivity (Wildman–Crippen MR) is 150 cm³/mol. The number of pyridine rings is 1. The summed E-state index contributed by atoms with van der Waals surface area (Å²) in [5, 5.41) is 3.22. The van der Waals surface area contributed by atoms with Gasteiger partial charge in [0, 0.05) is 35.6 Å². The summed E-state index contributed by atoms with van der Waals surface area (Å²) in [4.78, 5) is 26.8. The summed E-state index contributed by atoms with van der Waals surface area (Å²) in [6, 6.07) is 9.59. The molecule has 0 radical (unpaired) electrons. The third-order valence-corrected chi connectivity index (χ3v) is 8.72. The molecule has 12 heteroatoms. The van der Waals surface area contributed by atoms with Gasteiger partial charge >= 0.3 is 0 Å². The fourth-order valence-corrected chi connectivity index (χ4v) is 5.83. The Morgan fingerprint density at radius 2 is 1.92 bits per heavy atom. The first-order valence-corrected chi connectivity index (χ1v) is 16.2. The monoisotopic (exact) mass is 647 g/mol. The molecule has 36 heavy (non-hydrogen) atoms. The van der Waals surface area contributed by atoms with Crippen molar-refractivity contribution < 1.29 is 27.1 Å². The van der Waals surface area contributed by atoms with Gasteiger partial charge < -0.3 is 14.6 Å². The van der Waals surface area contributed by atoms with Crippen LogP contribution in [0.1, 0.15) is 47.8 Å². The Morgan fingerprint density at radius 3 is 2.50 bits per heavy atom. The number of amides is 1. The van der Waals surface area contributed by atoms with Crippen molar-refractivity contribution in [2.24, 2.45) is 0 Å². The van der Waals surface area contributed by atoms with Crippen LogP contribution < -0.4 is 5.32 Å². The molecule has 3 rings (SSSR count). The molecule has 196 valence electrons. The van der Waals surface area contributed by atoms with Gasteiger partial charge in [-0.2, -0.15) is 4.31 Å². The minimum Gasteiger partial charge on any atom is -0.437 e. The first kappa shape index (κ1) is 28.8. The maximum Gasteiger partial charge on any atom is 0.255 e. The van der Waals surface area contributed by atoms with Crippen LogP contribution in [0, 0.1) is 3.57 Å². The van der Waals surface area contributed by atoms with Crippen molar-refractivity contribution in [1.82, 2.24) is 14.6 Å². The predicted octanol–water partition coefficient (Wildman–Crippen LogP) is 4.42. The topological polar surface area (TPSA) is 130 Å². The lowest BCUT2D eigenvalue weighted by Gasteiger charge is -2.15. The summed E-state index contributed by atoms with van der Waals surface area (Å²) in [7, 11) is -4.35. The zero-order chi connectivity index (χ0) is 26.5. The molecule has 2 aromatic heterocycles. The lowest BCUT2D eigenvalue weighted by atomic mass is 10.0. The fraction of sp³-hybridized carbons (Fsp3) is 0.417. The van der Waals surface area contributed by atoms with Crippen molar-refractivity contribution in [3.63, 3.8) is 0 Å². The van der Waals surface area contributed by atoms with Crippen molar-refractivity contribution in [3.05, 3.63) is 50.7 Å². The molecule has 1 aromatic carbocycles. The van der Waals surface area contributed by atoms with Crippen LogP contribution in [0.5, 0.6) is 0 Å². The first-order valence-electron chi connectivity index (χ1n) is 11.7. The number of aryl methyl sites for hydroxylation is 1. The summed E-state index contributed by atoms with van der Waals surface area (Å²) in [5.41, 5.74) is 3.10. The van der Waals surface area contributed by atoms with Gasteiger partial charge in [0.15, 0.2) is 7.37 Å². The summed E-state index contributed by atoms with van der Waals surface area (Å²) in [6.45, 7) is 3.74. The van der Waals surface area contributed by atoms with E-state index < -0.39 is 18.3 Å². The molecule has 0 bridgehead atoms. The summed E-state index contributed by atoms with van der Waals surface area (Å²) < 4.78 is 43.3. The number of unbranched alkanes of at least 4 members (excludes halogenated alkanes) is 2. The number of rotatable bonds is 12. The third kappa shape index (κ3) is 7.38. The first-order chi connectivity index (χ1) is 17.0. The molecule has 1 unspecified atom stereocenters. The highest BCUT2D eigenvalue weighted by atomic mass is 127. The smallest absolute Gasteiger partial charge is 0.255 e. The molecule has 2 N–H and O–H groups in total. The number of halogens is 1. The van der Waals surface area contributed by atoms with Gasteiger partial charge in [0.05, 0.1) is 23.2 Å². The second-order valence-corrected chi connectivity index (χ2v) is 13.4. The standard InChI is InChI=1S/C24H31IN3O6PS/c1-4-16-8-10-17(11-9-16)22-21(23(29)26-2)18-14-19(25)20(27-24(18)34-22)15-28(36(32)33)12-6-5-7-13-35(3,30)31/h8-11,14,36H,4-7,12-13,15H2,1-3H3,(H,26,29)(H,30,31). The largest absolute Gasteiger partial charge is 0.437 e. The van der Waals surface area contributed by atoms with Gasteiger partial charge in [-0.3, -0.25) is 9.36 Å². The van der Waals surface area contributed by atoms with Crippen molar-refractivity contribution in [1.29, 1.82) is 0 Å². The molecule has 1 amide bonds. The minimum atomic E-state index is -3.05. The molecule has 0 spiro atoms. The number of fused-ring (bicyclic) bond motifs is 1. The molecular weight excluding hydrogens is 616 g/mol. The quantitative estimate of drug-likeness (QED) is 0.115. The van der Waals surface area contributed by atoms with E-state index in [1.165, 1.54) is 11.0 Å². The Kier molecular flexibility index (Phi) is 10.1. The van der Waals surface area contributed by atoms with Crippen molar-refractivity contribution in [2.45, 2.75) is 39.2 Å². The number of hydrogen-bond acceptors (Lipinski definition) is 6. The van der Waals surface area contributed by atoms with E-state index in [4.69, 9.17) is 4.42 Å². The van der Waals surface area contributed by atoms with Gasteiger partial charge in [-0.1, -0.05) is 37.6 Å². The number of aromatic nitrogens is 1. The van der Waals surface area contributed by atoms with Crippen LogP contribution in [0.3, 0.4) is 0 Å². The maximum absolute atomic E-state index is 12.8. The second kappa shape index (κ2) is 12.6. The molecule has 3 aromatic rings. The zero-order valence-corrected chi connectivity index (χ0v) is 24.4. The Hall–Kier alpha value is -1.79. The Labute approximate surface area is 226 Å². The molecule has 0 fully saturated rings. The van der Waals surface area contributed by atoms with E-state index in [1.54, 1.807) is 13.1 Å². The Balaban J connectivity index is 1.89. The summed E-state index contributed by atoms with van der Waals surface area (Å²) in [5.74, 6) is 0.119. The summed E-state index contributed by atoms with van der Waals surface area (Å²) >= 11 is 2.09. The van der Waals surface area contributed by atoms with Crippen LogP contribution in [0.2, 0.25) is 0 Å².